The highest BCUT2D eigenvalue weighted by molar-refractivity contribution is 5.79. The fraction of sp³-hybridized carbons (Fsp3) is 0.583. The van der Waals surface area contributed by atoms with E-state index in [2.05, 4.69) is 23.9 Å². The van der Waals surface area contributed by atoms with Gasteiger partial charge in [-0.1, -0.05) is 11.8 Å². The fourth-order valence-corrected chi connectivity index (χ4v) is 1.63. The normalized spacial score (nSPS) is 16.3. The van der Waals surface area contributed by atoms with Crippen LogP contribution in [0.4, 0.5) is 0 Å². The predicted molar refractivity (Wildman–Crippen MR) is 56.0 cm³/mol. The lowest BCUT2D eigenvalue weighted by molar-refractivity contribution is -0.120. The van der Waals surface area contributed by atoms with Gasteiger partial charge < -0.3 is 0 Å². The van der Waals surface area contributed by atoms with Crippen LogP contribution in [0, 0.1) is 23.9 Å². The Morgan fingerprint density at radius 1 is 1.14 bits per heavy atom. The van der Waals surface area contributed by atoms with Crippen LogP contribution in [0.3, 0.4) is 0 Å². The Balaban J connectivity index is 2.62. The molecule has 0 aromatic heterocycles. The van der Waals surface area contributed by atoms with Crippen molar-refractivity contribution in [3.63, 3.8) is 0 Å². The van der Waals surface area contributed by atoms with Crippen molar-refractivity contribution in [2.75, 3.05) is 0 Å². The zero-order valence-corrected chi connectivity index (χ0v) is 8.76. The molecule has 0 aromatic carbocycles. The van der Waals surface area contributed by atoms with Crippen molar-refractivity contribution >= 4 is 5.78 Å². The average Bonchev–Trinajstić information content (AvgIpc) is 2.19. The van der Waals surface area contributed by atoms with Crippen molar-refractivity contribution < 1.29 is 4.79 Å². The van der Waals surface area contributed by atoms with E-state index in [-0.39, 0.29) is 0 Å². The summed E-state index contributed by atoms with van der Waals surface area (Å²) < 4.78 is 0. The summed E-state index contributed by atoms with van der Waals surface area (Å²) in [6, 6.07) is 6.27. The van der Waals surface area contributed by atoms with Gasteiger partial charge in [0.1, 0.15) is 5.78 Å². The fourth-order valence-electron chi connectivity index (χ4n) is 1.63. The summed E-state index contributed by atoms with van der Waals surface area (Å²) in [6.45, 7) is 3.61. The molecule has 0 saturated heterocycles. The number of hydrogen-bond donors (Lipinski definition) is 0. The largest absolute Gasteiger partial charge is 0.300 e. The summed E-state index contributed by atoms with van der Waals surface area (Å²) in [5, 5.41) is 0. The molecule has 1 aliphatic rings. The number of ketones is 1. The van der Waals surface area contributed by atoms with E-state index >= 15 is 0 Å². The summed E-state index contributed by atoms with van der Waals surface area (Å²) in [5.41, 5.74) is 0. The van der Waals surface area contributed by atoms with Crippen LogP contribution in [0.15, 0.2) is 0 Å². The molecule has 1 aliphatic carbocycles. The Morgan fingerprint density at radius 2 is 1.64 bits per heavy atom. The monoisotopic (exact) mass is 189 g/mol. The van der Waals surface area contributed by atoms with Gasteiger partial charge in [-0.2, -0.15) is 0 Å². The molecule has 0 aromatic rings. The average molecular weight is 189 g/mol. The summed E-state index contributed by atoms with van der Waals surface area (Å²) >= 11 is 0. The lowest BCUT2D eigenvalue weighted by atomic mass is 9.93. The number of carbonyl (C=O) groups is 1. The van der Waals surface area contributed by atoms with Crippen LogP contribution in [-0.2, 0) is 4.79 Å². The zero-order valence-electron chi connectivity index (χ0n) is 8.76. The number of nitrogens with zero attached hydrogens (tertiary/aromatic N) is 1. The molecule has 0 atom stereocenters. The Labute approximate surface area is 85.7 Å². The van der Waals surface area contributed by atoms with Crippen molar-refractivity contribution in [1.29, 1.82) is 0 Å². The first-order chi connectivity index (χ1) is 6.77. The minimum atomic E-state index is 0.340. The highest BCUT2D eigenvalue weighted by Crippen LogP contribution is 2.19. The van der Waals surface area contributed by atoms with Crippen LogP contribution in [0.1, 0.15) is 39.5 Å². The van der Waals surface area contributed by atoms with E-state index in [4.69, 9.17) is 0 Å². The number of carbonyl (C=O) groups excluding carboxylic acids is 1. The highest BCUT2D eigenvalue weighted by atomic mass is 16.1. The Kier molecular flexibility index (Phi) is 4.08. The standard InChI is InChI=1S/C12H15NO/c1-3-9-13(10-4-2)11-5-7-12(14)8-6-11/h11H,5-8H2,1-2H3. The van der Waals surface area contributed by atoms with Crippen LogP contribution in [0.2, 0.25) is 0 Å². The lowest BCUT2D eigenvalue weighted by Gasteiger charge is -2.26. The first-order valence-corrected chi connectivity index (χ1v) is 4.93. The molecule has 2 heteroatoms. The van der Waals surface area contributed by atoms with E-state index < -0.39 is 0 Å². The van der Waals surface area contributed by atoms with Crippen LogP contribution in [0.5, 0.6) is 0 Å². The SMILES string of the molecule is CC#CN(C#CC)C1CCC(=O)CC1. The highest BCUT2D eigenvalue weighted by Gasteiger charge is 2.22. The van der Waals surface area contributed by atoms with E-state index in [0.717, 1.165) is 12.8 Å². The van der Waals surface area contributed by atoms with Gasteiger partial charge in [0.05, 0.1) is 6.04 Å². The van der Waals surface area contributed by atoms with E-state index in [1.165, 1.54) is 0 Å². The van der Waals surface area contributed by atoms with Crippen LogP contribution >= 0.6 is 0 Å². The first-order valence-electron chi connectivity index (χ1n) is 4.93. The summed E-state index contributed by atoms with van der Waals surface area (Å²) in [7, 11) is 0. The Hall–Kier alpha value is -1.41. The second-order valence-corrected chi connectivity index (χ2v) is 3.36. The summed E-state index contributed by atoms with van der Waals surface area (Å²) in [4.78, 5) is 12.9. The molecular formula is C12H15NO. The maximum absolute atomic E-state index is 11.1. The maximum Gasteiger partial charge on any atom is 0.133 e. The maximum atomic E-state index is 11.1. The molecule has 0 radical (unpaired) electrons. The third-order valence-corrected chi connectivity index (χ3v) is 2.34. The third-order valence-electron chi connectivity index (χ3n) is 2.34. The van der Waals surface area contributed by atoms with Crippen molar-refractivity contribution in [1.82, 2.24) is 4.90 Å². The molecule has 0 spiro atoms. The van der Waals surface area contributed by atoms with Gasteiger partial charge >= 0.3 is 0 Å². The summed E-state index contributed by atoms with van der Waals surface area (Å²) in [6.07, 6.45) is 3.14. The van der Waals surface area contributed by atoms with Gasteiger partial charge in [0.25, 0.3) is 0 Å². The van der Waals surface area contributed by atoms with Crippen LogP contribution in [0.25, 0.3) is 0 Å². The molecule has 0 bridgehead atoms. The predicted octanol–water partition coefficient (Wildman–Crippen LogP) is 1.76. The Morgan fingerprint density at radius 3 is 2.07 bits per heavy atom. The van der Waals surface area contributed by atoms with Gasteiger partial charge in [0, 0.05) is 24.9 Å². The van der Waals surface area contributed by atoms with Gasteiger partial charge in [-0.3, -0.25) is 9.69 Å². The van der Waals surface area contributed by atoms with Crippen molar-refractivity contribution in [2.45, 2.75) is 45.6 Å². The van der Waals surface area contributed by atoms with Crippen molar-refractivity contribution in [2.24, 2.45) is 0 Å². The second kappa shape index (κ2) is 5.35. The van der Waals surface area contributed by atoms with Crippen molar-refractivity contribution in [3.05, 3.63) is 0 Å². The van der Waals surface area contributed by atoms with Crippen LogP contribution < -0.4 is 0 Å². The minimum Gasteiger partial charge on any atom is -0.300 e. The molecule has 1 fully saturated rings. The molecule has 1 rings (SSSR count). The van der Waals surface area contributed by atoms with E-state index in [0.29, 0.717) is 24.7 Å². The second-order valence-electron chi connectivity index (χ2n) is 3.36. The number of rotatable bonds is 1. The Bertz CT molecular complexity index is 294. The number of hydrogen-bond acceptors (Lipinski definition) is 2. The van der Waals surface area contributed by atoms with E-state index in [1.807, 2.05) is 4.90 Å². The van der Waals surface area contributed by atoms with Crippen molar-refractivity contribution in [3.8, 4) is 23.9 Å². The lowest BCUT2D eigenvalue weighted by Crippen LogP contribution is -2.31. The topological polar surface area (TPSA) is 20.3 Å². The van der Waals surface area contributed by atoms with Gasteiger partial charge in [-0.05, 0) is 26.7 Å². The summed E-state index contributed by atoms with van der Waals surface area (Å²) in [5.74, 6) is 6.07. The first kappa shape index (κ1) is 10.7. The van der Waals surface area contributed by atoms with Gasteiger partial charge in [0.2, 0.25) is 0 Å². The molecule has 0 aliphatic heterocycles. The van der Waals surface area contributed by atoms with Gasteiger partial charge in [0.15, 0.2) is 0 Å². The molecule has 2 nitrogen and oxygen atoms in total. The smallest absolute Gasteiger partial charge is 0.133 e. The van der Waals surface area contributed by atoms with Gasteiger partial charge in [-0.25, -0.2) is 0 Å². The van der Waals surface area contributed by atoms with Crippen LogP contribution in [-0.4, -0.2) is 16.7 Å². The van der Waals surface area contributed by atoms with E-state index in [1.54, 1.807) is 13.8 Å². The van der Waals surface area contributed by atoms with Gasteiger partial charge in [-0.15, -0.1) is 0 Å². The molecule has 0 amide bonds. The molecule has 0 heterocycles. The number of Topliss-reactive ketones (excluding diaryl/α,β-unsaturated/α-hetero) is 1. The minimum absolute atomic E-state index is 0.340. The molecule has 0 N–H and O–H groups in total. The zero-order chi connectivity index (χ0) is 10.4. The molecule has 0 unspecified atom stereocenters. The molecule has 74 valence electrons. The quantitative estimate of drug-likeness (QED) is 0.463. The molecular weight excluding hydrogens is 174 g/mol. The van der Waals surface area contributed by atoms with E-state index in [9.17, 15) is 4.79 Å². The third kappa shape index (κ3) is 2.82. The molecule has 14 heavy (non-hydrogen) atoms. The molecule has 1 saturated carbocycles.